The highest BCUT2D eigenvalue weighted by atomic mass is 32.2. The second kappa shape index (κ2) is 7.81. The molecule has 1 aliphatic rings. The Morgan fingerprint density at radius 2 is 2.04 bits per heavy atom. The van der Waals surface area contributed by atoms with E-state index in [0.29, 0.717) is 24.5 Å². The van der Waals surface area contributed by atoms with E-state index in [0.717, 1.165) is 16.1 Å². The quantitative estimate of drug-likeness (QED) is 0.841. The molecule has 1 N–H and O–H groups in total. The van der Waals surface area contributed by atoms with Crippen molar-refractivity contribution in [3.63, 3.8) is 0 Å². The number of piperidine rings is 1. The molecular formula is C17H22N4O3S2. The summed E-state index contributed by atoms with van der Waals surface area (Å²) in [6.45, 7) is 4.34. The van der Waals surface area contributed by atoms with Gasteiger partial charge < -0.3 is 5.32 Å². The predicted octanol–water partition coefficient (Wildman–Crippen LogP) is 2.51. The molecule has 1 fully saturated rings. The Balaban J connectivity index is 1.66. The van der Waals surface area contributed by atoms with Gasteiger partial charge in [0.15, 0.2) is 0 Å². The molecule has 2 aromatic rings. The second-order valence-electron chi connectivity index (χ2n) is 6.37. The van der Waals surface area contributed by atoms with Crippen molar-refractivity contribution in [1.29, 1.82) is 0 Å². The van der Waals surface area contributed by atoms with Gasteiger partial charge >= 0.3 is 0 Å². The van der Waals surface area contributed by atoms with Crippen LogP contribution in [0.4, 0.5) is 5.13 Å². The number of aryl methyl sites for hydroxylation is 1. The van der Waals surface area contributed by atoms with E-state index in [1.54, 1.807) is 6.92 Å². The van der Waals surface area contributed by atoms with Crippen LogP contribution < -0.4 is 5.32 Å². The van der Waals surface area contributed by atoms with Crippen molar-refractivity contribution in [2.24, 2.45) is 5.92 Å². The molecule has 0 unspecified atom stereocenters. The zero-order valence-electron chi connectivity index (χ0n) is 14.8. The van der Waals surface area contributed by atoms with E-state index in [1.807, 2.05) is 31.2 Å². The summed E-state index contributed by atoms with van der Waals surface area (Å²) in [5.41, 5.74) is 2.11. The Morgan fingerprint density at radius 3 is 2.73 bits per heavy atom. The Kier molecular flexibility index (Phi) is 5.69. The first kappa shape index (κ1) is 18.9. The van der Waals surface area contributed by atoms with Crippen LogP contribution in [0.25, 0.3) is 10.6 Å². The number of sulfonamides is 1. The number of hydrogen-bond donors (Lipinski definition) is 1. The zero-order chi connectivity index (χ0) is 18.7. The summed E-state index contributed by atoms with van der Waals surface area (Å²) in [6.07, 6.45) is 1.35. The van der Waals surface area contributed by atoms with E-state index < -0.39 is 10.0 Å². The lowest BCUT2D eigenvalue weighted by Crippen LogP contribution is -2.44. The highest BCUT2D eigenvalue weighted by Crippen LogP contribution is 2.27. The van der Waals surface area contributed by atoms with E-state index in [9.17, 15) is 13.2 Å². The number of anilines is 1. The first-order valence-electron chi connectivity index (χ1n) is 8.58. The summed E-state index contributed by atoms with van der Waals surface area (Å²) in [5, 5.41) is 12.1. The SMILES string of the molecule is CCS(=O)(=O)N1CCC[C@@H](C(=O)Nc2nnc(-c3ccc(C)cc3)s2)C1. The molecule has 2 heterocycles. The van der Waals surface area contributed by atoms with Crippen molar-refractivity contribution < 1.29 is 13.2 Å². The molecule has 0 aliphatic carbocycles. The average molecular weight is 395 g/mol. The van der Waals surface area contributed by atoms with Gasteiger partial charge in [-0.25, -0.2) is 12.7 Å². The molecule has 0 radical (unpaired) electrons. The summed E-state index contributed by atoms with van der Waals surface area (Å²) in [6, 6.07) is 7.94. The minimum atomic E-state index is -3.27. The summed E-state index contributed by atoms with van der Waals surface area (Å²) >= 11 is 1.31. The molecule has 3 rings (SSSR count). The van der Waals surface area contributed by atoms with Gasteiger partial charge in [-0.2, -0.15) is 0 Å². The monoisotopic (exact) mass is 394 g/mol. The van der Waals surface area contributed by atoms with Crippen molar-refractivity contribution in [2.45, 2.75) is 26.7 Å². The maximum atomic E-state index is 12.5. The van der Waals surface area contributed by atoms with Crippen LogP contribution in [0, 0.1) is 12.8 Å². The molecule has 1 saturated heterocycles. The number of benzene rings is 1. The van der Waals surface area contributed by atoms with Gasteiger partial charge in [-0.05, 0) is 26.7 Å². The molecule has 1 aliphatic heterocycles. The Labute approximate surface area is 157 Å². The van der Waals surface area contributed by atoms with E-state index in [-0.39, 0.29) is 24.1 Å². The number of nitrogens with zero attached hydrogens (tertiary/aromatic N) is 3. The Morgan fingerprint density at radius 1 is 1.31 bits per heavy atom. The van der Waals surface area contributed by atoms with Gasteiger partial charge in [-0.15, -0.1) is 10.2 Å². The normalized spacial score (nSPS) is 18.6. The summed E-state index contributed by atoms with van der Waals surface area (Å²) < 4.78 is 25.5. The van der Waals surface area contributed by atoms with E-state index >= 15 is 0 Å². The number of amides is 1. The molecule has 1 amide bonds. The Hall–Kier alpha value is -1.84. The molecule has 140 valence electrons. The van der Waals surface area contributed by atoms with Gasteiger partial charge in [0.1, 0.15) is 5.01 Å². The number of nitrogens with one attached hydrogen (secondary N) is 1. The molecule has 1 aromatic carbocycles. The maximum Gasteiger partial charge on any atom is 0.230 e. The largest absolute Gasteiger partial charge is 0.300 e. The van der Waals surface area contributed by atoms with Crippen LogP contribution in [-0.4, -0.2) is 47.7 Å². The molecule has 0 saturated carbocycles. The maximum absolute atomic E-state index is 12.5. The van der Waals surface area contributed by atoms with Crippen LogP contribution in [0.2, 0.25) is 0 Å². The van der Waals surface area contributed by atoms with Crippen LogP contribution >= 0.6 is 11.3 Å². The van der Waals surface area contributed by atoms with Crippen molar-refractivity contribution >= 4 is 32.4 Å². The third kappa shape index (κ3) is 4.28. The van der Waals surface area contributed by atoms with Gasteiger partial charge in [0.05, 0.1) is 11.7 Å². The van der Waals surface area contributed by atoms with Gasteiger partial charge in [0.2, 0.25) is 21.1 Å². The molecule has 0 spiro atoms. The van der Waals surface area contributed by atoms with Crippen molar-refractivity contribution in [1.82, 2.24) is 14.5 Å². The lowest BCUT2D eigenvalue weighted by atomic mass is 9.99. The first-order chi connectivity index (χ1) is 12.4. The molecule has 0 bridgehead atoms. The van der Waals surface area contributed by atoms with Crippen LogP contribution in [0.1, 0.15) is 25.3 Å². The van der Waals surface area contributed by atoms with Gasteiger partial charge in [0, 0.05) is 18.7 Å². The zero-order valence-corrected chi connectivity index (χ0v) is 16.4. The second-order valence-corrected chi connectivity index (χ2v) is 9.60. The number of aromatic nitrogens is 2. The van der Waals surface area contributed by atoms with Crippen molar-refractivity contribution in [3.8, 4) is 10.6 Å². The third-order valence-electron chi connectivity index (χ3n) is 4.47. The first-order valence-corrected chi connectivity index (χ1v) is 11.0. The van der Waals surface area contributed by atoms with E-state index in [4.69, 9.17) is 0 Å². The molecule has 26 heavy (non-hydrogen) atoms. The van der Waals surface area contributed by atoms with Crippen LogP contribution in [0.3, 0.4) is 0 Å². The minimum Gasteiger partial charge on any atom is -0.300 e. The molecule has 1 atom stereocenters. The summed E-state index contributed by atoms with van der Waals surface area (Å²) in [4.78, 5) is 12.5. The summed E-state index contributed by atoms with van der Waals surface area (Å²) in [7, 11) is -3.27. The summed E-state index contributed by atoms with van der Waals surface area (Å²) in [5.74, 6) is -0.512. The van der Waals surface area contributed by atoms with Crippen molar-refractivity contribution in [3.05, 3.63) is 29.8 Å². The van der Waals surface area contributed by atoms with E-state index in [1.165, 1.54) is 15.6 Å². The van der Waals surface area contributed by atoms with Gasteiger partial charge in [-0.1, -0.05) is 41.2 Å². The molecule has 1 aromatic heterocycles. The standard InChI is InChI=1S/C17H22N4O3S2/c1-3-26(23,24)21-10-4-5-14(11-21)15(22)18-17-20-19-16(25-17)13-8-6-12(2)7-9-13/h6-9,14H,3-5,10-11H2,1-2H3,(H,18,20,22)/t14-/m1/s1. The highest BCUT2D eigenvalue weighted by Gasteiger charge is 2.31. The van der Waals surface area contributed by atoms with Crippen LogP contribution in [0.15, 0.2) is 24.3 Å². The topological polar surface area (TPSA) is 92.3 Å². The molecule has 9 heteroatoms. The minimum absolute atomic E-state index is 0.0532. The van der Waals surface area contributed by atoms with E-state index in [2.05, 4.69) is 15.5 Å². The average Bonchev–Trinajstić information content (AvgIpc) is 3.11. The number of rotatable bonds is 5. The smallest absolute Gasteiger partial charge is 0.230 e. The predicted molar refractivity (Wildman–Crippen MR) is 102 cm³/mol. The molecule has 7 nitrogen and oxygen atoms in total. The highest BCUT2D eigenvalue weighted by molar-refractivity contribution is 7.89. The number of carbonyl (C=O) groups is 1. The number of hydrogen-bond acceptors (Lipinski definition) is 6. The van der Waals surface area contributed by atoms with Crippen LogP contribution in [-0.2, 0) is 14.8 Å². The molecular weight excluding hydrogens is 372 g/mol. The Bertz CT molecular complexity index is 878. The van der Waals surface area contributed by atoms with Gasteiger partial charge in [0.25, 0.3) is 0 Å². The van der Waals surface area contributed by atoms with Crippen LogP contribution in [0.5, 0.6) is 0 Å². The fourth-order valence-electron chi connectivity index (χ4n) is 2.89. The van der Waals surface area contributed by atoms with Crippen molar-refractivity contribution in [2.75, 3.05) is 24.2 Å². The lowest BCUT2D eigenvalue weighted by Gasteiger charge is -2.30. The lowest BCUT2D eigenvalue weighted by molar-refractivity contribution is -0.120. The number of carbonyl (C=O) groups excluding carboxylic acids is 1. The van der Waals surface area contributed by atoms with Gasteiger partial charge in [-0.3, -0.25) is 4.79 Å². The fourth-order valence-corrected chi connectivity index (χ4v) is 4.82. The fraction of sp³-hybridized carbons (Fsp3) is 0.471. The third-order valence-corrected chi connectivity index (χ3v) is 7.20.